The van der Waals surface area contributed by atoms with Gasteiger partial charge < -0.3 is 14.4 Å². The number of benzene rings is 2. The Labute approximate surface area is 156 Å². The molecular weight excluding hydrogens is 344 g/mol. The van der Waals surface area contributed by atoms with Crippen molar-refractivity contribution in [2.45, 2.75) is 6.61 Å². The van der Waals surface area contributed by atoms with E-state index in [2.05, 4.69) is 4.98 Å². The van der Waals surface area contributed by atoms with Gasteiger partial charge in [0.05, 0.1) is 5.56 Å². The molecule has 0 spiro atoms. The fourth-order valence-electron chi connectivity index (χ4n) is 2.40. The first-order valence-corrected chi connectivity index (χ1v) is 8.28. The van der Waals surface area contributed by atoms with E-state index in [9.17, 15) is 9.59 Å². The van der Waals surface area contributed by atoms with Crippen molar-refractivity contribution in [1.29, 1.82) is 0 Å². The lowest BCUT2D eigenvalue weighted by atomic mass is 10.1. The summed E-state index contributed by atoms with van der Waals surface area (Å²) in [6.07, 6.45) is 6.67. The minimum Gasteiger partial charge on any atom is -0.486 e. The molecule has 0 bridgehead atoms. The van der Waals surface area contributed by atoms with Crippen LogP contribution in [0.2, 0.25) is 0 Å². The summed E-state index contributed by atoms with van der Waals surface area (Å²) in [5.41, 5.74) is 1.50. The zero-order chi connectivity index (χ0) is 19.2. The highest BCUT2D eigenvalue weighted by molar-refractivity contribution is 6.06. The first kappa shape index (κ1) is 18.1. The van der Waals surface area contributed by atoms with E-state index in [0.29, 0.717) is 17.9 Å². The lowest BCUT2D eigenvalue weighted by Crippen LogP contribution is -2.03. The monoisotopic (exact) mass is 362 g/mol. The largest absolute Gasteiger partial charge is 0.486 e. The first-order chi connectivity index (χ1) is 13.0. The maximum atomic E-state index is 12.3. The number of ketones is 1. The first-order valence-electron chi connectivity index (χ1n) is 8.28. The molecular formula is C21H18N2O4. The van der Waals surface area contributed by atoms with E-state index in [1.807, 2.05) is 17.8 Å². The maximum Gasteiger partial charge on any atom is 0.335 e. The number of carboxylic acid groups (broad SMARTS) is 1. The van der Waals surface area contributed by atoms with Gasteiger partial charge in [-0.25, -0.2) is 9.78 Å². The number of allylic oxidation sites excluding steroid dienone is 1. The third-order valence-electron chi connectivity index (χ3n) is 4.01. The minimum atomic E-state index is -0.980. The van der Waals surface area contributed by atoms with Crippen LogP contribution in [0.15, 0.2) is 67.0 Å². The number of hydrogen-bond donors (Lipinski definition) is 1. The molecule has 1 heterocycles. The number of imidazole rings is 1. The van der Waals surface area contributed by atoms with Crippen LogP contribution >= 0.6 is 0 Å². The molecule has 0 saturated carbocycles. The van der Waals surface area contributed by atoms with E-state index in [1.165, 1.54) is 18.2 Å². The van der Waals surface area contributed by atoms with Crippen molar-refractivity contribution in [3.05, 3.63) is 89.5 Å². The average molecular weight is 362 g/mol. The standard InChI is InChI=1S/C21H18N2O4/c1-23-13-12-22-20(23)14-27-18-9-7-16(8-10-18)19(24)11-4-15-2-5-17(6-3-15)21(25)26/h2-13H,14H2,1H3,(H,25,26). The molecule has 0 aliphatic rings. The lowest BCUT2D eigenvalue weighted by molar-refractivity contribution is 0.0696. The van der Waals surface area contributed by atoms with Gasteiger partial charge in [0.15, 0.2) is 5.78 Å². The molecule has 6 nitrogen and oxygen atoms in total. The van der Waals surface area contributed by atoms with E-state index >= 15 is 0 Å². The quantitative estimate of drug-likeness (QED) is 0.513. The lowest BCUT2D eigenvalue weighted by Gasteiger charge is -2.06. The number of hydrogen-bond acceptors (Lipinski definition) is 4. The normalized spacial score (nSPS) is 10.9. The molecule has 0 fully saturated rings. The molecule has 0 aliphatic carbocycles. The summed E-state index contributed by atoms with van der Waals surface area (Å²) >= 11 is 0. The third kappa shape index (κ3) is 4.70. The summed E-state index contributed by atoms with van der Waals surface area (Å²) < 4.78 is 7.55. The van der Waals surface area contributed by atoms with Crippen LogP contribution in [0.5, 0.6) is 5.75 Å². The Hall–Kier alpha value is -3.67. The molecule has 6 heteroatoms. The molecule has 27 heavy (non-hydrogen) atoms. The molecule has 3 rings (SSSR count). The highest BCUT2D eigenvalue weighted by atomic mass is 16.5. The Bertz CT molecular complexity index is 970. The Morgan fingerprint density at radius 2 is 1.74 bits per heavy atom. The Balaban J connectivity index is 1.59. The molecule has 0 atom stereocenters. The summed E-state index contributed by atoms with van der Waals surface area (Å²) in [7, 11) is 1.90. The molecule has 1 N–H and O–H groups in total. The van der Waals surface area contributed by atoms with Gasteiger partial charge in [0.25, 0.3) is 0 Å². The number of nitrogens with zero attached hydrogens (tertiary/aromatic N) is 2. The smallest absolute Gasteiger partial charge is 0.335 e. The number of aryl methyl sites for hydroxylation is 1. The van der Waals surface area contributed by atoms with Gasteiger partial charge in [-0.05, 0) is 48.0 Å². The molecule has 0 amide bonds. The number of carbonyl (C=O) groups excluding carboxylic acids is 1. The summed E-state index contributed by atoms with van der Waals surface area (Å²) in [5, 5.41) is 8.88. The van der Waals surface area contributed by atoms with Crippen LogP contribution in [-0.2, 0) is 13.7 Å². The van der Waals surface area contributed by atoms with Crippen molar-refractivity contribution in [2.75, 3.05) is 0 Å². The summed E-state index contributed by atoms with van der Waals surface area (Å²) in [6.45, 7) is 0.350. The van der Waals surface area contributed by atoms with Crippen molar-refractivity contribution in [3.63, 3.8) is 0 Å². The SMILES string of the molecule is Cn1ccnc1COc1ccc(C(=O)C=Cc2ccc(C(=O)O)cc2)cc1. The van der Waals surface area contributed by atoms with Crippen LogP contribution < -0.4 is 4.74 Å². The zero-order valence-electron chi connectivity index (χ0n) is 14.7. The van der Waals surface area contributed by atoms with Crippen LogP contribution in [0.4, 0.5) is 0 Å². The van der Waals surface area contributed by atoms with E-state index in [1.54, 1.807) is 48.7 Å². The van der Waals surface area contributed by atoms with Gasteiger partial charge in [0.2, 0.25) is 0 Å². The summed E-state index contributed by atoms with van der Waals surface area (Å²) in [4.78, 5) is 27.3. The number of aromatic carboxylic acids is 1. The average Bonchev–Trinajstić information content (AvgIpc) is 3.10. The molecule has 3 aromatic rings. The van der Waals surface area contributed by atoms with Gasteiger partial charge in [-0.1, -0.05) is 18.2 Å². The number of aromatic nitrogens is 2. The van der Waals surface area contributed by atoms with Crippen LogP contribution in [0, 0.1) is 0 Å². The predicted octanol–water partition coefficient (Wildman–Crippen LogP) is 3.59. The van der Waals surface area contributed by atoms with Crippen molar-refractivity contribution in [3.8, 4) is 5.75 Å². The van der Waals surface area contributed by atoms with Crippen LogP contribution in [-0.4, -0.2) is 26.4 Å². The fraction of sp³-hybridized carbons (Fsp3) is 0.0952. The molecule has 0 unspecified atom stereocenters. The van der Waals surface area contributed by atoms with E-state index in [-0.39, 0.29) is 11.3 Å². The van der Waals surface area contributed by atoms with E-state index < -0.39 is 5.97 Å². The highest BCUT2D eigenvalue weighted by Crippen LogP contribution is 2.15. The third-order valence-corrected chi connectivity index (χ3v) is 4.01. The topological polar surface area (TPSA) is 81.4 Å². The van der Waals surface area contributed by atoms with Crippen molar-refractivity contribution in [2.24, 2.45) is 7.05 Å². The second kappa shape index (κ2) is 8.14. The van der Waals surface area contributed by atoms with Gasteiger partial charge in [-0.15, -0.1) is 0 Å². The van der Waals surface area contributed by atoms with Crippen molar-refractivity contribution >= 4 is 17.8 Å². The van der Waals surface area contributed by atoms with Crippen LogP contribution in [0.3, 0.4) is 0 Å². The maximum absolute atomic E-state index is 12.3. The number of carboxylic acids is 1. The number of ether oxygens (including phenoxy) is 1. The fourth-order valence-corrected chi connectivity index (χ4v) is 2.40. The van der Waals surface area contributed by atoms with E-state index in [0.717, 1.165) is 11.4 Å². The number of rotatable bonds is 7. The number of carbonyl (C=O) groups is 2. The van der Waals surface area contributed by atoms with E-state index in [4.69, 9.17) is 9.84 Å². The Morgan fingerprint density at radius 1 is 1.07 bits per heavy atom. The molecule has 0 aliphatic heterocycles. The second-order valence-electron chi connectivity index (χ2n) is 5.89. The van der Waals surface area contributed by atoms with Crippen molar-refractivity contribution in [1.82, 2.24) is 9.55 Å². The van der Waals surface area contributed by atoms with Gasteiger partial charge in [-0.3, -0.25) is 4.79 Å². The zero-order valence-corrected chi connectivity index (χ0v) is 14.7. The van der Waals surface area contributed by atoms with Crippen LogP contribution in [0.25, 0.3) is 6.08 Å². The van der Waals surface area contributed by atoms with Gasteiger partial charge >= 0.3 is 5.97 Å². The molecule has 1 aromatic heterocycles. The Kier molecular flexibility index (Phi) is 5.47. The van der Waals surface area contributed by atoms with Crippen molar-refractivity contribution < 1.29 is 19.4 Å². The highest BCUT2D eigenvalue weighted by Gasteiger charge is 2.05. The van der Waals surface area contributed by atoms with Gasteiger partial charge in [-0.2, -0.15) is 0 Å². The summed E-state index contributed by atoms with van der Waals surface area (Å²) in [5.74, 6) is 0.342. The molecule has 0 saturated heterocycles. The van der Waals surface area contributed by atoms with Gasteiger partial charge in [0.1, 0.15) is 18.2 Å². The molecule has 136 valence electrons. The predicted molar refractivity (Wildman–Crippen MR) is 101 cm³/mol. The molecule has 0 radical (unpaired) electrons. The minimum absolute atomic E-state index is 0.145. The van der Waals surface area contributed by atoms with Crippen LogP contribution in [0.1, 0.15) is 32.1 Å². The Morgan fingerprint density at radius 3 is 2.33 bits per heavy atom. The second-order valence-corrected chi connectivity index (χ2v) is 5.89. The molecule has 2 aromatic carbocycles. The summed E-state index contributed by atoms with van der Waals surface area (Å²) in [6, 6.07) is 13.2. The van der Waals surface area contributed by atoms with Gasteiger partial charge in [0, 0.05) is 25.0 Å².